The fourth-order valence-corrected chi connectivity index (χ4v) is 3.48. The monoisotopic (exact) mass is 269 g/mol. The van der Waals surface area contributed by atoms with E-state index < -0.39 is 23.2 Å². The third kappa shape index (κ3) is 2.48. The molecule has 19 heavy (non-hydrogen) atoms. The molecule has 3 atom stereocenters. The van der Waals surface area contributed by atoms with Gasteiger partial charge in [0.05, 0.1) is 11.8 Å². The summed E-state index contributed by atoms with van der Waals surface area (Å²) < 4.78 is 0. The summed E-state index contributed by atoms with van der Waals surface area (Å²) in [6.07, 6.45) is 3.55. The Bertz CT molecular complexity index is 378. The van der Waals surface area contributed by atoms with Crippen molar-refractivity contribution in [1.29, 1.82) is 0 Å². The van der Waals surface area contributed by atoms with E-state index in [2.05, 4.69) is 0 Å². The van der Waals surface area contributed by atoms with E-state index in [1.807, 2.05) is 18.7 Å². The molecule has 5 nitrogen and oxygen atoms in total. The minimum absolute atomic E-state index is 0.0319. The van der Waals surface area contributed by atoms with Crippen LogP contribution in [0.4, 0.5) is 0 Å². The van der Waals surface area contributed by atoms with Crippen LogP contribution in [0.1, 0.15) is 39.5 Å². The van der Waals surface area contributed by atoms with Gasteiger partial charge in [-0.25, -0.2) is 0 Å². The first-order valence-electron chi connectivity index (χ1n) is 7.05. The van der Waals surface area contributed by atoms with Gasteiger partial charge in [0.2, 0.25) is 5.91 Å². The largest absolute Gasteiger partial charge is 0.481 e. The molecule has 2 rings (SSSR count). The number of carbonyl (C=O) groups is 2. The van der Waals surface area contributed by atoms with E-state index in [1.165, 1.54) is 0 Å². The van der Waals surface area contributed by atoms with Crippen LogP contribution in [0, 0.1) is 17.3 Å². The summed E-state index contributed by atoms with van der Waals surface area (Å²) in [5, 5.41) is 18.2. The lowest BCUT2D eigenvalue weighted by atomic mass is 9.98. The van der Waals surface area contributed by atoms with Gasteiger partial charge in [-0.05, 0) is 31.1 Å². The van der Waals surface area contributed by atoms with Crippen LogP contribution in [0.25, 0.3) is 0 Å². The van der Waals surface area contributed by atoms with E-state index >= 15 is 0 Å². The molecule has 0 radical (unpaired) electrons. The molecule has 0 aromatic carbocycles. The Balaban J connectivity index is 2.08. The number of amides is 1. The normalized spacial score (nSPS) is 33.0. The van der Waals surface area contributed by atoms with E-state index in [4.69, 9.17) is 10.2 Å². The minimum Gasteiger partial charge on any atom is -0.481 e. The van der Waals surface area contributed by atoms with Crippen molar-refractivity contribution in [3.05, 3.63) is 0 Å². The van der Waals surface area contributed by atoms with E-state index in [9.17, 15) is 9.59 Å². The molecule has 0 aromatic heterocycles. The second-order valence-corrected chi connectivity index (χ2v) is 6.31. The zero-order valence-corrected chi connectivity index (χ0v) is 11.6. The maximum Gasteiger partial charge on any atom is 0.307 e. The summed E-state index contributed by atoms with van der Waals surface area (Å²) in [5.41, 5.74) is -0.440. The molecule has 1 aliphatic carbocycles. The number of likely N-dealkylation sites (tertiary alicyclic amines) is 1. The van der Waals surface area contributed by atoms with Gasteiger partial charge in [-0.15, -0.1) is 0 Å². The number of hydrogen-bond acceptors (Lipinski definition) is 3. The predicted octanol–water partition coefficient (Wildman–Crippen LogP) is 1.11. The summed E-state index contributed by atoms with van der Waals surface area (Å²) in [4.78, 5) is 25.5. The van der Waals surface area contributed by atoms with Gasteiger partial charge < -0.3 is 15.1 Å². The highest BCUT2D eigenvalue weighted by Gasteiger charge is 2.66. The first-order valence-corrected chi connectivity index (χ1v) is 7.05. The van der Waals surface area contributed by atoms with Crippen molar-refractivity contribution >= 4 is 11.9 Å². The number of nitrogens with zero attached hydrogens (tertiary/aromatic N) is 1. The number of carbonyl (C=O) groups excluding carboxylic acids is 1. The molecule has 2 aliphatic rings. The maximum absolute atomic E-state index is 12.6. The van der Waals surface area contributed by atoms with Crippen LogP contribution in [-0.4, -0.2) is 46.2 Å². The van der Waals surface area contributed by atoms with Gasteiger partial charge in [-0.3, -0.25) is 9.59 Å². The number of carboxylic acid groups (broad SMARTS) is 1. The smallest absolute Gasteiger partial charge is 0.307 e. The fourth-order valence-electron chi connectivity index (χ4n) is 3.48. The summed E-state index contributed by atoms with van der Waals surface area (Å²) in [6.45, 7) is 4.46. The first kappa shape index (κ1) is 14.3. The highest BCUT2D eigenvalue weighted by atomic mass is 16.4. The minimum atomic E-state index is -0.876. The number of piperidine rings is 1. The Kier molecular flexibility index (Phi) is 3.85. The Labute approximate surface area is 113 Å². The molecule has 0 bridgehead atoms. The van der Waals surface area contributed by atoms with Gasteiger partial charge in [-0.2, -0.15) is 0 Å². The average Bonchev–Trinajstić information content (AvgIpc) is 2.93. The van der Waals surface area contributed by atoms with Crippen LogP contribution in [-0.2, 0) is 9.59 Å². The second kappa shape index (κ2) is 5.12. The van der Waals surface area contributed by atoms with E-state index in [0.29, 0.717) is 13.0 Å². The van der Waals surface area contributed by atoms with Gasteiger partial charge >= 0.3 is 5.97 Å². The standard InChI is InChI=1S/C14H23NO4/c1-14(2)10(11(14)13(18)19)12(17)15-7-4-3-5-9(15)6-8-16/h9-11,16H,3-8H2,1-2H3,(H,18,19)/t9?,10-,11+/m1/s1. The van der Waals surface area contributed by atoms with Crippen molar-refractivity contribution in [1.82, 2.24) is 4.90 Å². The Hall–Kier alpha value is -1.10. The van der Waals surface area contributed by atoms with Crippen molar-refractivity contribution in [2.75, 3.05) is 13.2 Å². The van der Waals surface area contributed by atoms with Crippen molar-refractivity contribution in [2.45, 2.75) is 45.6 Å². The number of aliphatic carboxylic acids is 1. The molecular formula is C14H23NO4. The molecule has 1 amide bonds. The third-order valence-corrected chi connectivity index (χ3v) is 4.73. The topological polar surface area (TPSA) is 77.8 Å². The predicted molar refractivity (Wildman–Crippen MR) is 69.5 cm³/mol. The van der Waals surface area contributed by atoms with Crippen molar-refractivity contribution < 1.29 is 19.8 Å². The van der Waals surface area contributed by atoms with Crippen LogP contribution in [0.15, 0.2) is 0 Å². The zero-order valence-electron chi connectivity index (χ0n) is 11.6. The number of aliphatic hydroxyl groups excluding tert-OH is 1. The maximum atomic E-state index is 12.6. The highest BCUT2D eigenvalue weighted by molar-refractivity contribution is 5.91. The molecule has 1 unspecified atom stereocenters. The summed E-state index contributed by atoms with van der Waals surface area (Å²) in [5.74, 6) is -1.87. The lowest BCUT2D eigenvalue weighted by Gasteiger charge is -2.36. The number of hydrogen-bond donors (Lipinski definition) is 2. The van der Waals surface area contributed by atoms with Crippen LogP contribution in [0.5, 0.6) is 0 Å². The number of carboxylic acids is 1. The van der Waals surface area contributed by atoms with Gasteiger partial charge in [0.15, 0.2) is 0 Å². The highest BCUT2D eigenvalue weighted by Crippen LogP contribution is 2.59. The fraction of sp³-hybridized carbons (Fsp3) is 0.857. The van der Waals surface area contributed by atoms with Gasteiger partial charge in [-0.1, -0.05) is 13.8 Å². The Morgan fingerprint density at radius 3 is 2.47 bits per heavy atom. The molecular weight excluding hydrogens is 246 g/mol. The number of aliphatic hydroxyl groups is 1. The molecule has 108 valence electrons. The molecule has 0 spiro atoms. The zero-order chi connectivity index (χ0) is 14.2. The summed E-state index contributed by atoms with van der Waals surface area (Å²) >= 11 is 0. The van der Waals surface area contributed by atoms with Crippen molar-refractivity contribution in [3.8, 4) is 0 Å². The molecule has 1 saturated carbocycles. The molecule has 1 saturated heterocycles. The second-order valence-electron chi connectivity index (χ2n) is 6.31. The average molecular weight is 269 g/mol. The molecule has 1 aliphatic heterocycles. The van der Waals surface area contributed by atoms with E-state index in [-0.39, 0.29) is 18.6 Å². The number of rotatable bonds is 4. The van der Waals surface area contributed by atoms with E-state index in [1.54, 1.807) is 0 Å². The van der Waals surface area contributed by atoms with Gasteiger partial charge in [0.25, 0.3) is 0 Å². The van der Waals surface area contributed by atoms with Crippen molar-refractivity contribution in [2.24, 2.45) is 17.3 Å². The third-order valence-electron chi connectivity index (χ3n) is 4.73. The molecule has 1 heterocycles. The first-order chi connectivity index (χ1) is 8.91. The molecule has 0 aromatic rings. The Morgan fingerprint density at radius 1 is 1.26 bits per heavy atom. The molecule has 5 heteroatoms. The lowest BCUT2D eigenvalue weighted by Crippen LogP contribution is -2.45. The molecule has 2 fully saturated rings. The van der Waals surface area contributed by atoms with Crippen molar-refractivity contribution in [3.63, 3.8) is 0 Å². The SMILES string of the molecule is CC1(C)[C@H](C(=O)O)[C@@H]1C(=O)N1CCCCC1CCO. The quantitative estimate of drug-likeness (QED) is 0.801. The van der Waals surface area contributed by atoms with Crippen LogP contribution < -0.4 is 0 Å². The lowest BCUT2D eigenvalue weighted by molar-refractivity contribution is -0.143. The van der Waals surface area contributed by atoms with E-state index in [0.717, 1.165) is 19.3 Å². The van der Waals surface area contributed by atoms with Crippen LogP contribution >= 0.6 is 0 Å². The van der Waals surface area contributed by atoms with Gasteiger partial charge in [0.1, 0.15) is 0 Å². The summed E-state index contributed by atoms with van der Waals surface area (Å²) in [7, 11) is 0. The molecule has 2 N–H and O–H groups in total. The van der Waals surface area contributed by atoms with Crippen LogP contribution in [0.2, 0.25) is 0 Å². The Morgan fingerprint density at radius 2 is 1.95 bits per heavy atom. The summed E-state index contributed by atoms with van der Waals surface area (Å²) in [6, 6.07) is 0.0806. The van der Waals surface area contributed by atoms with Gasteiger partial charge in [0, 0.05) is 19.2 Å². The van der Waals surface area contributed by atoms with Crippen LogP contribution in [0.3, 0.4) is 0 Å².